The average Bonchev–Trinajstić information content (AvgIpc) is 2.20. The minimum absolute atomic E-state index is 0.697. The van der Waals surface area contributed by atoms with Gasteiger partial charge in [0.1, 0.15) is 0 Å². The first-order chi connectivity index (χ1) is 6.77. The Labute approximate surface area is 88.8 Å². The Balaban J connectivity index is 2.21. The van der Waals surface area contributed by atoms with Crippen LogP contribution in [-0.2, 0) is 0 Å². The summed E-state index contributed by atoms with van der Waals surface area (Å²) in [4.78, 5) is 2.61. The van der Waals surface area contributed by atoms with Crippen molar-refractivity contribution in [2.45, 2.75) is 52.0 Å². The van der Waals surface area contributed by atoms with Crippen LogP contribution in [0.3, 0.4) is 0 Å². The van der Waals surface area contributed by atoms with Gasteiger partial charge in [0.25, 0.3) is 0 Å². The topological polar surface area (TPSA) is 29.3 Å². The summed E-state index contributed by atoms with van der Waals surface area (Å²) in [7, 11) is 0. The predicted molar refractivity (Wildman–Crippen MR) is 62.3 cm³/mol. The molecule has 0 amide bonds. The fourth-order valence-electron chi connectivity index (χ4n) is 2.51. The zero-order chi connectivity index (χ0) is 10.4. The zero-order valence-corrected chi connectivity index (χ0v) is 9.84. The highest BCUT2D eigenvalue weighted by Crippen LogP contribution is 2.23. The maximum atomic E-state index is 5.58. The van der Waals surface area contributed by atoms with Crippen molar-refractivity contribution in [3.8, 4) is 0 Å². The molecule has 0 saturated carbocycles. The second-order valence-electron chi connectivity index (χ2n) is 4.69. The molecule has 2 heteroatoms. The van der Waals surface area contributed by atoms with Gasteiger partial charge in [-0.15, -0.1) is 0 Å². The first-order valence-corrected chi connectivity index (χ1v) is 6.22. The molecule has 1 aliphatic heterocycles. The van der Waals surface area contributed by atoms with E-state index in [9.17, 15) is 0 Å². The van der Waals surface area contributed by atoms with Gasteiger partial charge in [0.05, 0.1) is 0 Å². The van der Waals surface area contributed by atoms with Crippen LogP contribution < -0.4 is 5.73 Å². The molecule has 0 spiro atoms. The smallest absolute Gasteiger partial charge is 0.00789 e. The maximum Gasteiger partial charge on any atom is 0.00789 e. The van der Waals surface area contributed by atoms with E-state index in [0.29, 0.717) is 6.04 Å². The molecule has 1 unspecified atom stereocenters. The minimum atomic E-state index is 0.697. The molecule has 1 rings (SSSR count). The van der Waals surface area contributed by atoms with E-state index in [4.69, 9.17) is 5.73 Å². The number of hydrogen-bond acceptors (Lipinski definition) is 2. The molecule has 0 aromatic heterocycles. The Hall–Kier alpha value is -0.0800. The molecule has 0 radical (unpaired) electrons. The van der Waals surface area contributed by atoms with Crippen molar-refractivity contribution in [2.75, 3.05) is 19.6 Å². The molecule has 2 nitrogen and oxygen atoms in total. The fourth-order valence-corrected chi connectivity index (χ4v) is 2.51. The van der Waals surface area contributed by atoms with Gasteiger partial charge in [0.15, 0.2) is 0 Å². The number of likely N-dealkylation sites (tertiary alicyclic amines) is 1. The Morgan fingerprint density at radius 1 is 1.36 bits per heavy atom. The lowest BCUT2D eigenvalue weighted by atomic mass is 9.91. The lowest BCUT2D eigenvalue weighted by Crippen LogP contribution is -2.40. The highest BCUT2D eigenvalue weighted by Gasteiger charge is 2.21. The van der Waals surface area contributed by atoms with Crippen LogP contribution in [0.25, 0.3) is 0 Å². The van der Waals surface area contributed by atoms with E-state index in [2.05, 4.69) is 18.7 Å². The van der Waals surface area contributed by atoms with Gasteiger partial charge in [-0.25, -0.2) is 0 Å². The molecular weight excluding hydrogens is 172 g/mol. The Kier molecular flexibility index (Phi) is 5.49. The van der Waals surface area contributed by atoms with E-state index in [1.165, 1.54) is 38.8 Å². The SMILES string of the molecule is CCCC1CCN(C(C)CCN)CC1. The van der Waals surface area contributed by atoms with Gasteiger partial charge >= 0.3 is 0 Å². The van der Waals surface area contributed by atoms with Crippen LogP contribution >= 0.6 is 0 Å². The third-order valence-corrected chi connectivity index (χ3v) is 3.55. The molecule has 14 heavy (non-hydrogen) atoms. The summed E-state index contributed by atoms with van der Waals surface area (Å²) < 4.78 is 0. The van der Waals surface area contributed by atoms with Gasteiger partial charge in [-0.05, 0) is 51.7 Å². The zero-order valence-electron chi connectivity index (χ0n) is 9.84. The molecule has 1 atom stereocenters. The van der Waals surface area contributed by atoms with Gasteiger partial charge < -0.3 is 10.6 Å². The molecule has 2 N–H and O–H groups in total. The van der Waals surface area contributed by atoms with Gasteiger partial charge in [0, 0.05) is 6.04 Å². The summed E-state index contributed by atoms with van der Waals surface area (Å²) in [5.74, 6) is 1.00. The quantitative estimate of drug-likeness (QED) is 0.734. The van der Waals surface area contributed by atoms with Crippen LogP contribution in [0.1, 0.15) is 46.0 Å². The molecule has 0 bridgehead atoms. The maximum absolute atomic E-state index is 5.58. The summed E-state index contributed by atoms with van der Waals surface area (Å²) in [6.07, 6.45) is 6.74. The van der Waals surface area contributed by atoms with E-state index >= 15 is 0 Å². The van der Waals surface area contributed by atoms with Crippen molar-refractivity contribution >= 4 is 0 Å². The lowest BCUT2D eigenvalue weighted by molar-refractivity contribution is 0.133. The van der Waals surface area contributed by atoms with Gasteiger partial charge in [0.2, 0.25) is 0 Å². The van der Waals surface area contributed by atoms with Crippen LogP contribution in [0.15, 0.2) is 0 Å². The molecule has 1 aliphatic rings. The predicted octanol–water partition coefficient (Wildman–Crippen LogP) is 2.24. The number of nitrogens with two attached hydrogens (primary N) is 1. The first-order valence-electron chi connectivity index (χ1n) is 6.22. The van der Waals surface area contributed by atoms with Crippen LogP contribution in [0.4, 0.5) is 0 Å². The number of hydrogen-bond donors (Lipinski definition) is 1. The number of nitrogens with zero attached hydrogens (tertiary/aromatic N) is 1. The van der Waals surface area contributed by atoms with Gasteiger partial charge in [-0.1, -0.05) is 19.8 Å². The molecule has 0 aromatic carbocycles. The second kappa shape index (κ2) is 6.41. The highest BCUT2D eigenvalue weighted by molar-refractivity contribution is 4.76. The van der Waals surface area contributed by atoms with Crippen LogP contribution in [-0.4, -0.2) is 30.6 Å². The largest absolute Gasteiger partial charge is 0.330 e. The lowest BCUT2D eigenvalue weighted by Gasteiger charge is -2.36. The van der Waals surface area contributed by atoms with E-state index in [1.807, 2.05) is 0 Å². The molecule has 1 fully saturated rings. The normalized spacial score (nSPS) is 22.5. The van der Waals surface area contributed by atoms with Crippen LogP contribution in [0, 0.1) is 5.92 Å². The number of piperidine rings is 1. The molecule has 0 aliphatic carbocycles. The molecule has 1 saturated heterocycles. The van der Waals surface area contributed by atoms with Crippen molar-refractivity contribution in [3.05, 3.63) is 0 Å². The summed E-state index contributed by atoms with van der Waals surface area (Å²) in [6, 6.07) is 0.697. The average molecular weight is 198 g/mol. The molecular formula is C12H26N2. The Bertz CT molecular complexity index is 139. The van der Waals surface area contributed by atoms with E-state index in [0.717, 1.165) is 18.9 Å². The first kappa shape index (κ1) is 12.0. The van der Waals surface area contributed by atoms with Crippen molar-refractivity contribution < 1.29 is 0 Å². The van der Waals surface area contributed by atoms with Crippen molar-refractivity contribution in [3.63, 3.8) is 0 Å². The second-order valence-corrected chi connectivity index (χ2v) is 4.69. The van der Waals surface area contributed by atoms with E-state index in [-0.39, 0.29) is 0 Å². The third-order valence-electron chi connectivity index (χ3n) is 3.55. The minimum Gasteiger partial charge on any atom is -0.330 e. The van der Waals surface area contributed by atoms with Crippen molar-refractivity contribution in [1.29, 1.82) is 0 Å². The van der Waals surface area contributed by atoms with Crippen LogP contribution in [0.2, 0.25) is 0 Å². The number of rotatable bonds is 5. The van der Waals surface area contributed by atoms with E-state index < -0.39 is 0 Å². The summed E-state index contributed by atoms with van der Waals surface area (Å²) in [6.45, 7) is 8.03. The fraction of sp³-hybridized carbons (Fsp3) is 1.00. The van der Waals surface area contributed by atoms with E-state index in [1.54, 1.807) is 0 Å². The molecule has 84 valence electrons. The summed E-state index contributed by atoms with van der Waals surface area (Å²) >= 11 is 0. The molecule has 1 heterocycles. The van der Waals surface area contributed by atoms with Crippen molar-refractivity contribution in [1.82, 2.24) is 4.90 Å². The van der Waals surface area contributed by atoms with Gasteiger partial charge in [-0.3, -0.25) is 0 Å². The Morgan fingerprint density at radius 2 is 2.00 bits per heavy atom. The summed E-state index contributed by atoms with van der Waals surface area (Å²) in [5.41, 5.74) is 5.58. The Morgan fingerprint density at radius 3 is 2.50 bits per heavy atom. The monoisotopic (exact) mass is 198 g/mol. The summed E-state index contributed by atoms with van der Waals surface area (Å²) in [5, 5.41) is 0. The standard InChI is InChI=1S/C12H26N2/c1-3-4-12-6-9-14(10-7-12)11(2)5-8-13/h11-12H,3-10,13H2,1-2H3. The third kappa shape index (κ3) is 3.58. The van der Waals surface area contributed by atoms with Gasteiger partial charge in [-0.2, -0.15) is 0 Å². The van der Waals surface area contributed by atoms with Crippen LogP contribution in [0.5, 0.6) is 0 Å². The highest BCUT2D eigenvalue weighted by atomic mass is 15.2. The van der Waals surface area contributed by atoms with Crippen molar-refractivity contribution in [2.24, 2.45) is 11.7 Å². The molecule has 0 aromatic rings.